The van der Waals surface area contributed by atoms with Gasteiger partial charge in [-0.3, -0.25) is 9.89 Å². The quantitative estimate of drug-likeness (QED) is 0.735. The Kier molecular flexibility index (Phi) is 3.82. The van der Waals surface area contributed by atoms with Crippen molar-refractivity contribution in [1.82, 2.24) is 10.2 Å². The van der Waals surface area contributed by atoms with Crippen molar-refractivity contribution in [3.8, 4) is 23.1 Å². The molecule has 6 heteroatoms. The number of aromatic amines is 1. The molecule has 6 nitrogen and oxygen atoms in total. The molecule has 0 aliphatic rings. The van der Waals surface area contributed by atoms with E-state index in [1.165, 1.54) is 6.07 Å². The van der Waals surface area contributed by atoms with Crippen molar-refractivity contribution in [2.45, 2.75) is 6.42 Å². The predicted octanol–water partition coefficient (Wildman–Crippen LogP) is 1.60. The van der Waals surface area contributed by atoms with Crippen LogP contribution in [0.1, 0.15) is 22.5 Å². The molecule has 0 aliphatic carbocycles. The van der Waals surface area contributed by atoms with E-state index in [1.54, 1.807) is 24.3 Å². The van der Waals surface area contributed by atoms with E-state index in [1.807, 2.05) is 0 Å². The van der Waals surface area contributed by atoms with Crippen LogP contribution in [-0.4, -0.2) is 32.3 Å². The summed E-state index contributed by atoms with van der Waals surface area (Å²) in [6.07, 6.45) is -0.205. The first-order valence-corrected chi connectivity index (χ1v) is 5.66. The molecule has 0 aliphatic heterocycles. The first kappa shape index (κ1) is 13.4. The van der Waals surface area contributed by atoms with Crippen molar-refractivity contribution in [3.63, 3.8) is 0 Å². The van der Waals surface area contributed by atoms with E-state index in [4.69, 9.17) is 10.2 Å². The normalized spacial score (nSPS) is 9.60. The second-order valence-corrected chi connectivity index (χ2v) is 3.92. The van der Waals surface area contributed by atoms with Gasteiger partial charge in [0.2, 0.25) is 0 Å². The van der Waals surface area contributed by atoms with Crippen molar-refractivity contribution >= 4 is 11.9 Å². The minimum Gasteiger partial charge on any atom is -0.481 e. The average molecular weight is 270 g/mol. The number of benzene rings is 1. The number of nitrogens with zero attached hydrogens (tertiary/aromatic N) is 1. The molecule has 0 spiro atoms. The lowest BCUT2D eigenvalue weighted by molar-refractivity contribution is -0.135. The summed E-state index contributed by atoms with van der Waals surface area (Å²) < 4.78 is 0. The summed E-state index contributed by atoms with van der Waals surface area (Å²) in [7, 11) is 0. The molecule has 1 heterocycles. The summed E-state index contributed by atoms with van der Waals surface area (Å²) in [6.45, 7) is 0. The second-order valence-electron chi connectivity index (χ2n) is 3.92. The lowest BCUT2D eigenvalue weighted by atomic mass is 10.1. The maximum absolute atomic E-state index is 10.7. The average Bonchev–Trinajstić information content (AvgIpc) is 2.89. The standard InChI is InChI=1S/C14H10N2O4/c17-13(18)3-1-2-9-4-6-10(7-5-9)11-8-12(14(19)20)16-15-11/h4-8H,3H2,(H,15,16)(H,17,18)(H,19,20). The number of rotatable bonds is 3. The molecule has 0 atom stereocenters. The molecule has 2 aromatic rings. The molecule has 0 bridgehead atoms. The van der Waals surface area contributed by atoms with Crippen LogP contribution >= 0.6 is 0 Å². The van der Waals surface area contributed by atoms with Gasteiger partial charge in [-0.15, -0.1) is 0 Å². The number of aromatic carboxylic acids is 1. The molecule has 0 unspecified atom stereocenters. The summed E-state index contributed by atoms with van der Waals surface area (Å²) in [6, 6.07) is 8.37. The first-order chi connectivity index (χ1) is 9.56. The van der Waals surface area contributed by atoms with E-state index < -0.39 is 11.9 Å². The van der Waals surface area contributed by atoms with Gasteiger partial charge in [0.25, 0.3) is 0 Å². The fourth-order valence-electron chi connectivity index (χ4n) is 1.53. The highest BCUT2D eigenvalue weighted by Gasteiger charge is 2.08. The molecule has 1 aromatic carbocycles. The van der Waals surface area contributed by atoms with Crippen LogP contribution in [0, 0.1) is 11.8 Å². The zero-order chi connectivity index (χ0) is 14.5. The molecule has 0 saturated carbocycles. The number of carboxylic acid groups (broad SMARTS) is 2. The summed E-state index contributed by atoms with van der Waals surface area (Å²) in [5.41, 5.74) is 1.97. The lowest BCUT2D eigenvalue weighted by Crippen LogP contribution is -1.95. The fourth-order valence-corrected chi connectivity index (χ4v) is 1.53. The van der Waals surface area contributed by atoms with E-state index in [9.17, 15) is 9.59 Å². The fraction of sp³-hybridized carbons (Fsp3) is 0.0714. The minimum atomic E-state index is -1.07. The molecule has 0 radical (unpaired) electrons. The highest BCUT2D eigenvalue weighted by atomic mass is 16.4. The van der Waals surface area contributed by atoms with Gasteiger partial charge < -0.3 is 10.2 Å². The number of carbonyl (C=O) groups is 2. The second kappa shape index (κ2) is 5.71. The zero-order valence-electron chi connectivity index (χ0n) is 10.3. The number of hydrogen-bond acceptors (Lipinski definition) is 3. The number of aliphatic carboxylic acids is 1. The summed E-state index contributed by atoms with van der Waals surface area (Å²) >= 11 is 0. The third-order valence-electron chi connectivity index (χ3n) is 2.46. The Morgan fingerprint density at radius 2 is 1.90 bits per heavy atom. The van der Waals surface area contributed by atoms with Gasteiger partial charge in [0.05, 0.1) is 5.69 Å². The van der Waals surface area contributed by atoms with Crippen LogP contribution in [0.25, 0.3) is 11.3 Å². The molecule has 0 saturated heterocycles. The molecule has 100 valence electrons. The van der Waals surface area contributed by atoms with Gasteiger partial charge in [-0.2, -0.15) is 5.10 Å². The predicted molar refractivity (Wildman–Crippen MR) is 70.1 cm³/mol. The SMILES string of the molecule is O=C(O)CC#Cc1ccc(-c2cc(C(=O)O)[nH]n2)cc1. The minimum absolute atomic E-state index is 0.0188. The van der Waals surface area contributed by atoms with Gasteiger partial charge >= 0.3 is 11.9 Å². The largest absolute Gasteiger partial charge is 0.481 e. The Morgan fingerprint density at radius 3 is 2.45 bits per heavy atom. The zero-order valence-corrected chi connectivity index (χ0v) is 10.3. The number of carboxylic acids is 2. The van der Waals surface area contributed by atoms with Crippen molar-refractivity contribution < 1.29 is 19.8 Å². The number of H-pyrrole nitrogens is 1. The van der Waals surface area contributed by atoms with Gasteiger partial charge in [0, 0.05) is 11.1 Å². The first-order valence-electron chi connectivity index (χ1n) is 5.66. The Morgan fingerprint density at radius 1 is 1.20 bits per heavy atom. The van der Waals surface area contributed by atoms with Gasteiger partial charge in [-0.1, -0.05) is 24.0 Å². The maximum atomic E-state index is 10.7. The smallest absolute Gasteiger partial charge is 0.353 e. The molecule has 3 N–H and O–H groups in total. The summed E-state index contributed by atoms with van der Waals surface area (Å²) in [4.78, 5) is 21.1. The molecule has 0 amide bonds. The van der Waals surface area contributed by atoms with E-state index in [2.05, 4.69) is 22.0 Å². The van der Waals surface area contributed by atoms with Crippen LogP contribution in [0.2, 0.25) is 0 Å². The van der Waals surface area contributed by atoms with Crippen LogP contribution in [0.4, 0.5) is 0 Å². The van der Waals surface area contributed by atoms with Gasteiger partial charge in [0.1, 0.15) is 12.1 Å². The Labute approximate surface area is 114 Å². The molecule has 1 aromatic heterocycles. The topological polar surface area (TPSA) is 103 Å². The maximum Gasteiger partial charge on any atom is 0.353 e. The van der Waals surface area contributed by atoms with E-state index >= 15 is 0 Å². The number of aromatic nitrogens is 2. The van der Waals surface area contributed by atoms with Crippen molar-refractivity contribution in [2.75, 3.05) is 0 Å². The Balaban J connectivity index is 2.16. The number of hydrogen-bond donors (Lipinski definition) is 3. The van der Waals surface area contributed by atoms with Crippen molar-refractivity contribution in [1.29, 1.82) is 0 Å². The number of nitrogens with one attached hydrogen (secondary N) is 1. The highest BCUT2D eigenvalue weighted by molar-refractivity contribution is 5.86. The van der Waals surface area contributed by atoms with Gasteiger partial charge in [-0.05, 0) is 18.2 Å². The van der Waals surface area contributed by atoms with Crippen molar-refractivity contribution in [3.05, 3.63) is 41.6 Å². The Hall–Kier alpha value is -3.07. The molecule has 20 heavy (non-hydrogen) atoms. The van der Waals surface area contributed by atoms with E-state index in [0.29, 0.717) is 11.3 Å². The van der Waals surface area contributed by atoms with Crippen molar-refractivity contribution in [2.24, 2.45) is 0 Å². The highest BCUT2D eigenvalue weighted by Crippen LogP contribution is 2.18. The third kappa shape index (κ3) is 3.23. The van der Waals surface area contributed by atoms with Crippen LogP contribution in [0.5, 0.6) is 0 Å². The van der Waals surface area contributed by atoms with E-state index in [0.717, 1.165) is 5.56 Å². The summed E-state index contributed by atoms with van der Waals surface area (Å²) in [5, 5.41) is 23.6. The van der Waals surface area contributed by atoms with E-state index in [-0.39, 0.29) is 12.1 Å². The monoisotopic (exact) mass is 270 g/mol. The lowest BCUT2D eigenvalue weighted by Gasteiger charge is -1.95. The van der Waals surface area contributed by atoms with Gasteiger partial charge in [0.15, 0.2) is 0 Å². The molecule has 2 rings (SSSR count). The van der Waals surface area contributed by atoms with Gasteiger partial charge in [-0.25, -0.2) is 4.79 Å². The molecule has 0 fully saturated rings. The Bertz CT molecular complexity index is 705. The van der Waals surface area contributed by atoms with Crippen LogP contribution in [0.15, 0.2) is 30.3 Å². The molecular formula is C14H10N2O4. The van der Waals surface area contributed by atoms with Crippen LogP contribution in [0.3, 0.4) is 0 Å². The van der Waals surface area contributed by atoms with Crippen LogP contribution < -0.4 is 0 Å². The summed E-state index contributed by atoms with van der Waals surface area (Å²) in [5.74, 6) is 3.22. The van der Waals surface area contributed by atoms with Crippen LogP contribution in [-0.2, 0) is 4.79 Å². The third-order valence-corrected chi connectivity index (χ3v) is 2.46. The molecular weight excluding hydrogens is 260 g/mol.